The summed E-state index contributed by atoms with van der Waals surface area (Å²) in [5.74, 6) is -1.33. The van der Waals surface area contributed by atoms with Crippen molar-refractivity contribution in [2.45, 2.75) is 45.2 Å². The van der Waals surface area contributed by atoms with Crippen molar-refractivity contribution >= 4 is 5.97 Å². The molecule has 1 aromatic carbocycles. The minimum atomic E-state index is -1.01. The van der Waals surface area contributed by atoms with Gasteiger partial charge in [-0.3, -0.25) is 4.90 Å². The molecule has 0 aliphatic carbocycles. The van der Waals surface area contributed by atoms with E-state index < -0.39 is 5.97 Å². The van der Waals surface area contributed by atoms with Gasteiger partial charge in [-0.05, 0) is 44.5 Å². The molecule has 0 aromatic heterocycles. The fourth-order valence-electron chi connectivity index (χ4n) is 2.62. The Morgan fingerprint density at radius 3 is 2.95 bits per heavy atom. The Bertz CT molecular complexity index is 461. The number of carbonyl (C=O) groups is 1. The zero-order chi connectivity index (χ0) is 13.8. The number of aromatic carboxylic acids is 1. The van der Waals surface area contributed by atoms with Gasteiger partial charge in [0.2, 0.25) is 0 Å². The van der Waals surface area contributed by atoms with Gasteiger partial charge >= 0.3 is 5.97 Å². The molecule has 104 valence electrons. The molecule has 0 amide bonds. The summed E-state index contributed by atoms with van der Waals surface area (Å²) in [6.45, 7) is 3.61. The molecule has 0 saturated carbocycles. The fourth-order valence-corrected chi connectivity index (χ4v) is 2.62. The molecule has 1 atom stereocenters. The number of hydrogen-bond acceptors (Lipinski definition) is 2. The van der Waals surface area contributed by atoms with Crippen LogP contribution in [0.2, 0.25) is 0 Å². The second-order valence-electron chi connectivity index (χ2n) is 5.28. The molecule has 1 aliphatic rings. The number of carboxylic acid groups (broad SMARTS) is 1. The standard InChI is InChI=1S/C15H20FNO2/c1-11-5-3-2-4-8-17(11)10-13-9-12(15(18)19)6-7-14(13)16/h6-7,9,11H,2-5,8,10H2,1H3,(H,18,19). The number of benzene rings is 1. The average Bonchev–Trinajstić information content (AvgIpc) is 2.57. The normalized spacial score (nSPS) is 21.1. The molecule has 19 heavy (non-hydrogen) atoms. The molecule has 0 radical (unpaired) electrons. The van der Waals surface area contributed by atoms with Gasteiger partial charge in [0, 0.05) is 18.2 Å². The smallest absolute Gasteiger partial charge is 0.335 e. The lowest BCUT2D eigenvalue weighted by atomic mass is 10.1. The van der Waals surface area contributed by atoms with Crippen LogP contribution in [0.1, 0.15) is 48.5 Å². The van der Waals surface area contributed by atoms with Gasteiger partial charge in [0.05, 0.1) is 5.56 Å². The quantitative estimate of drug-likeness (QED) is 0.911. The van der Waals surface area contributed by atoms with Crippen molar-refractivity contribution in [3.8, 4) is 0 Å². The first-order valence-electron chi connectivity index (χ1n) is 6.83. The van der Waals surface area contributed by atoms with E-state index in [2.05, 4.69) is 11.8 Å². The lowest BCUT2D eigenvalue weighted by molar-refractivity contribution is 0.0696. The lowest BCUT2D eigenvalue weighted by Crippen LogP contribution is -2.32. The number of nitrogens with zero attached hydrogens (tertiary/aromatic N) is 1. The Labute approximate surface area is 113 Å². The summed E-state index contributed by atoms with van der Waals surface area (Å²) in [6, 6.07) is 4.44. The molecule has 2 rings (SSSR count). The van der Waals surface area contributed by atoms with E-state index in [1.807, 2.05) is 0 Å². The molecule has 1 fully saturated rings. The van der Waals surface area contributed by atoms with Gasteiger partial charge in [0.15, 0.2) is 0 Å². The highest BCUT2D eigenvalue weighted by Crippen LogP contribution is 2.20. The maximum Gasteiger partial charge on any atom is 0.335 e. The van der Waals surface area contributed by atoms with Gasteiger partial charge in [0.1, 0.15) is 5.82 Å². The van der Waals surface area contributed by atoms with E-state index in [9.17, 15) is 9.18 Å². The van der Waals surface area contributed by atoms with Crippen LogP contribution in [0, 0.1) is 5.82 Å². The van der Waals surface area contributed by atoms with Gasteiger partial charge < -0.3 is 5.11 Å². The van der Waals surface area contributed by atoms with Crippen LogP contribution < -0.4 is 0 Å². The van der Waals surface area contributed by atoms with E-state index in [0.717, 1.165) is 19.4 Å². The van der Waals surface area contributed by atoms with E-state index >= 15 is 0 Å². The van der Waals surface area contributed by atoms with E-state index in [1.165, 1.54) is 31.0 Å². The van der Waals surface area contributed by atoms with Crippen molar-refractivity contribution in [3.05, 3.63) is 35.1 Å². The summed E-state index contributed by atoms with van der Waals surface area (Å²) in [6.07, 6.45) is 4.69. The maximum atomic E-state index is 13.8. The first kappa shape index (κ1) is 14.0. The summed E-state index contributed by atoms with van der Waals surface area (Å²) in [7, 11) is 0. The monoisotopic (exact) mass is 265 g/mol. The number of halogens is 1. The highest BCUT2D eigenvalue weighted by Gasteiger charge is 2.19. The van der Waals surface area contributed by atoms with E-state index in [0.29, 0.717) is 18.2 Å². The maximum absolute atomic E-state index is 13.8. The van der Waals surface area contributed by atoms with Gasteiger partial charge in [-0.15, -0.1) is 0 Å². The summed E-state index contributed by atoms with van der Waals surface area (Å²) in [4.78, 5) is 13.2. The lowest BCUT2D eigenvalue weighted by Gasteiger charge is -2.27. The van der Waals surface area contributed by atoms with Gasteiger partial charge in [-0.25, -0.2) is 9.18 Å². The minimum absolute atomic E-state index is 0.152. The SMILES string of the molecule is CC1CCCCCN1Cc1cc(C(=O)O)ccc1F. The van der Waals surface area contributed by atoms with E-state index in [-0.39, 0.29) is 11.4 Å². The molecule has 1 aromatic rings. The third-order valence-electron chi connectivity index (χ3n) is 3.86. The van der Waals surface area contributed by atoms with Crippen molar-refractivity contribution in [2.24, 2.45) is 0 Å². The Morgan fingerprint density at radius 1 is 1.42 bits per heavy atom. The predicted molar refractivity (Wildman–Crippen MR) is 71.7 cm³/mol. The third kappa shape index (κ3) is 3.53. The molecule has 0 spiro atoms. The predicted octanol–water partition coefficient (Wildman–Crippen LogP) is 3.29. The van der Waals surface area contributed by atoms with Crippen molar-refractivity contribution in [1.82, 2.24) is 4.90 Å². The van der Waals surface area contributed by atoms with Gasteiger partial charge in [-0.2, -0.15) is 0 Å². The van der Waals surface area contributed by atoms with Crippen LogP contribution in [0.25, 0.3) is 0 Å². The summed E-state index contributed by atoms with van der Waals surface area (Å²) < 4.78 is 13.8. The third-order valence-corrected chi connectivity index (χ3v) is 3.86. The Hall–Kier alpha value is -1.42. The van der Waals surface area contributed by atoms with Crippen LogP contribution in [0.4, 0.5) is 4.39 Å². The second-order valence-corrected chi connectivity index (χ2v) is 5.28. The molecule has 1 heterocycles. The van der Waals surface area contributed by atoms with Crippen LogP contribution in [0.3, 0.4) is 0 Å². The van der Waals surface area contributed by atoms with Crippen molar-refractivity contribution < 1.29 is 14.3 Å². The molecule has 1 N–H and O–H groups in total. The van der Waals surface area contributed by atoms with E-state index in [1.54, 1.807) is 0 Å². The zero-order valence-electron chi connectivity index (χ0n) is 11.2. The number of rotatable bonds is 3. The first-order chi connectivity index (χ1) is 9.08. The largest absolute Gasteiger partial charge is 0.478 e. The van der Waals surface area contributed by atoms with Crippen LogP contribution in [-0.2, 0) is 6.54 Å². The molecule has 1 aliphatic heterocycles. The molecule has 3 nitrogen and oxygen atoms in total. The summed E-state index contributed by atoms with van der Waals surface area (Å²) in [5, 5.41) is 8.97. The molecule has 1 unspecified atom stereocenters. The molecule has 0 bridgehead atoms. The van der Waals surface area contributed by atoms with Crippen LogP contribution in [-0.4, -0.2) is 28.6 Å². The molecular formula is C15H20FNO2. The number of carboxylic acids is 1. The van der Waals surface area contributed by atoms with Gasteiger partial charge in [-0.1, -0.05) is 12.8 Å². The van der Waals surface area contributed by atoms with Crippen molar-refractivity contribution in [3.63, 3.8) is 0 Å². The molecule has 4 heteroatoms. The molecule has 1 saturated heterocycles. The zero-order valence-corrected chi connectivity index (χ0v) is 11.2. The number of likely N-dealkylation sites (tertiary alicyclic amines) is 1. The van der Waals surface area contributed by atoms with E-state index in [4.69, 9.17) is 5.11 Å². The second kappa shape index (κ2) is 6.15. The Kier molecular flexibility index (Phi) is 4.53. The van der Waals surface area contributed by atoms with Gasteiger partial charge in [0.25, 0.3) is 0 Å². The van der Waals surface area contributed by atoms with Crippen LogP contribution >= 0.6 is 0 Å². The van der Waals surface area contributed by atoms with Crippen LogP contribution in [0.5, 0.6) is 0 Å². The Morgan fingerprint density at radius 2 is 2.21 bits per heavy atom. The topological polar surface area (TPSA) is 40.5 Å². The highest BCUT2D eigenvalue weighted by atomic mass is 19.1. The summed E-state index contributed by atoms with van der Waals surface area (Å²) in [5.41, 5.74) is 0.632. The van der Waals surface area contributed by atoms with Crippen molar-refractivity contribution in [1.29, 1.82) is 0 Å². The average molecular weight is 265 g/mol. The highest BCUT2D eigenvalue weighted by molar-refractivity contribution is 5.87. The van der Waals surface area contributed by atoms with Crippen LogP contribution in [0.15, 0.2) is 18.2 Å². The number of hydrogen-bond donors (Lipinski definition) is 1. The Balaban J connectivity index is 2.16. The molecular weight excluding hydrogens is 245 g/mol. The summed E-state index contributed by atoms with van der Waals surface area (Å²) >= 11 is 0. The van der Waals surface area contributed by atoms with Crippen molar-refractivity contribution in [2.75, 3.05) is 6.54 Å². The minimum Gasteiger partial charge on any atom is -0.478 e. The fraction of sp³-hybridized carbons (Fsp3) is 0.533. The first-order valence-corrected chi connectivity index (χ1v) is 6.83.